The van der Waals surface area contributed by atoms with Crippen molar-refractivity contribution in [3.63, 3.8) is 0 Å². The van der Waals surface area contributed by atoms with Crippen molar-refractivity contribution in [2.24, 2.45) is 11.8 Å². The SMILES string of the molecule is O=C1CCCN1Cc1cc(C(=O)N2CC3CC(CN(Cc4ccccc4)C3)C2)ccc1Br. The Kier molecular flexibility index (Phi) is 6.33. The molecule has 3 saturated heterocycles. The Morgan fingerprint density at radius 2 is 1.72 bits per heavy atom. The quantitative estimate of drug-likeness (QED) is 0.625. The molecule has 0 aromatic heterocycles. The molecule has 3 heterocycles. The maximum absolute atomic E-state index is 13.4. The zero-order valence-electron chi connectivity index (χ0n) is 18.4. The summed E-state index contributed by atoms with van der Waals surface area (Å²) < 4.78 is 0.959. The predicted octanol–water partition coefficient (Wildman–Crippen LogP) is 4.17. The Bertz CT molecular complexity index is 982. The molecular weight excluding hydrogens is 466 g/mol. The summed E-state index contributed by atoms with van der Waals surface area (Å²) in [6.45, 7) is 6.13. The second-order valence-corrected chi connectivity index (χ2v) is 10.4. The zero-order valence-corrected chi connectivity index (χ0v) is 20.0. The Labute approximate surface area is 198 Å². The lowest BCUT2D eigenvalue weighted by molar-refractivity contribution is -0.128. The van der Waals surface area contributed by atoms with Crippen molar-refractivity contribution in [2.45, 2.75) is 32.4 Å². The molecule has 0 N–H and O–H groups in total. The molecule has 168 valence electrons. The van der Waals surface area contributed by atoms with Gasteiger partial charge in [0, 0.05) is 62.3 Å². The maximum atomic E-state index is 13.4. The van der Waals surface area contributed by atoms with Crippen LogP contribution in [-0.4, -0.2) is 59.2 Å². The highest BCUT2D eigenvalue weighted by Gasteiger charge is 2.36. The highest BCUT2D eigenvalue weighted by atomic mass is 79.9. The maximum Gasteiger partial charge on any atom is 0.253 e. The number of rotatable bonds is 5. The Morgan fingerprint density at radius 3 is 2.41 bits per heavy atom. The molecule has 0 aliphatic carbocycles. The molecule has 2 amide bonds. The van der Waals surface area contributed by atoms with E-state index >= 15 is 0 Å². The zero-order chi connectivity index (χ0) is 22.1. The van der Waals surface area contributed by atoms with Crippen molar-refractivity contribution in [3.8, 4) is 0 Å². The van der Waals surface area contributed by atoms with E-state index in [-0.39, 0.29) is 11.8 Å². The van der Waals surface area contributed by atoms with Crippen molar-refractivity contribution in [3.05, 3.63) is 69.7 Å². The van der Waals surface area contributed by atoms with Crippen LogP contribution in [0.3, 0.4) is 0 Å². The van der Waals surface area contributed by atoms with E-state index in [9.17, 15) is 9.59 Å². The highest BCUT2D eigenvalue weighted by molar-refractivity contribution is 9.10. The monoisotopic (exact) mass is 495 g/mol. The van der Waals surface area contributed by atoms with Gasteiger partial charge in [-0.2, -0.15) is 0 Å². The van der Waals surface area contributed by atoms with Crippen LogP contribution in [0.4, 0.5) is 0 Å². The van der Waals surface area contributed by atoms with E-state index < -0.39 is 0 Å². The fourth-order valence-electron chi connectivity index (χ4n) is 5.61. The molecule has 2 bridgehead atoms. The van der Waals surface area contributed by atoms with Crippen LogP contribution >= 0.6 is 15.9 Å². The summed E-state index contributed by atoms with van der Waals surface area (Å²) in [5.74, 6) is 1.40. The van der Waals surface area contributed by atoms with Gasteiger partial charge in [-0.05, 0) is 54.0 Å². The second kappa shape index (κ2) is 9.36. The standard InChI is InChI=1S/C26H30BrN3O2/c27-24-9-8-22(12-23(24)18-29-10-4-7-25(29)31)26(32)30-16-20-11-21(17-30)15-28(14-20)13-19-5-2-1-3-6-19/h1-3,5-6,8-9,12,20-21H,4,7,10-11,13-18H2. The van der Waals surface area contributed by atoms with Gasteiger partial charge in [0.25, 0.3) is 5.91 Å². The molecule has 0 saturated carbocycles. The number of likely N-dealkylation sites (tertiary alicyclic amines) is 3. The first-order valence-corrected chi connectivity index (χ1v) is 12.5. The van der Waals surface area contributed by atoms with Crippen LogP contribution in [0.2, 0.25) is 0 Å². The van der Waals surface area contributed by atoms with Crippen LogP contribution in [0.25, 0.3) is 0 Å². The van der Waals surface area contributed by atoms with Crippen LogP contribution in [0.15, 0.2) is 53.0 Å². The van der Waals surface area contributed by atoms with E-state index in [0.717, 1.165) is 61.3 Å². The van der Waals surface area contributed by atoms with Crippen molar-refractivity contribution in [2.75, 3.05) is 32.7 Å². The number of carbonyl (C=O) groups excluding carboxylic acids is 2. The lowest BCUT2D eigenvalue weighted by Gasteiger charge is -2.46. The van der Waals surface area contributed by atoms with Gasteiger partial charge in [0.15, 0.2) is 0 Å². The van der Waals surface area contributed by atoms with Gasteiger partial charge in [0.2, 0.25) is 5.91 Å². The topological polar surface area (TPSA) is 43.9 Å². The van der Waals surface area contributed by atoms with E-state index in [1.165, 1.54) is 12.0 Å². The van der Waals surface area contributed by atoms with Crippen molar-refractivity contribution >= 4 is 27.7 Å². The molecular formula is C26H30BrN3O2. The number of hydrogen-bond donors (Lipinski definition) is 0. The molecule has 3 aliphatic rings. The Morgan fingerprint density at radius 1 is 0.969 bits per heavy atom. The molecule has 2 unspecified atom stereocenters. The molecule has 0 radical (unpaired) electrons. The first-order chi connectivity index (χ1) is 15.5. The first kappa shape index (κ1) is 21.7. The number of hydrogen-bond acceptors (Lipinski definition) is 3. The molecule has 2 atom stereocenters. The lowest BCUT2D eigenvalue weighted by Crippen LogP contribution is -2.53. The number of amides is 2. The highest BCUT2D eigenvalue weighted by Crippen LogP contribution is 2.31. The van der Waals surface area contributed by atoms with Crippen molar-refractivity contribution < 1.29 is 9.59 Å². The van der Waals surface area contributed by atoms with Crippen molar-refractivity contribution in [1.82, 2.24) is 14.7 Å². The molecule has 0 spiro atoms. The summed E-state index contributed by atoms with van der Waals surface area (Å²) in [4.78, 5) is 31.9. The fraction of sp³-hybridized carbons (Fsp3) is 0.462. The van der Waals surface area contributed by atoms with E-state index in [1.54, 1.807) is 0 Å². The molecule has 5 rings (SSSR count). The third-order valence-corrected chi connectivity index (χ3v) is 7.79. The third-order valence-electron chi connectivity index (χ3n) is 7.02. The summed E-state index contributed by atoms with van der Waals surface area (Å²) in [5, 5.41) is 0. The fourth-order valence-corrected chi connectivity index (χ4v) is 5.98. The second-order valence-electron chi connectivity index (χ2n) is 9.58. The minimum absolute atomic E-state index is 0.123. The van der Waals surface area contributed by atoms with Gasteiger partial charge < -0.3 is 9.80 Å². The molecule has 2 aromatic carbocycles. The summed E-state index contributed by atoms with van der Waals surface area (Å²) in [6.07, 6.45) is 2.78. The number of nitrogens with zero attached hydrogens (tertiary/aromatic N) is 3. The van der Waals surface area contributed by atoms with Gasteiger partial charge in [0.05, 0.1) is 0 Å². The number of benzene rings is 2. The molecule has 32 heavy (non-hydrogen) atoms. The smallest absolute Gasteiger partial charge is 0.253 e. The summed E-state index contributed by atoms with van der Waals surface area (Å²) in [7, 11) is 0. The van der Waals surface area contributed by atoms with Crippen LogP contribution < -0.4 is 0 Å². The Balaban J connectivity index is 1.24. The summed E-state index contributed by atoms with van der Waals surface area (Å²) >= 11 is 3.61. The number of halogens is 1. The van der Waals surface area contributed by atoms with Gasteiger partial charge in [-0.1, -0.05) is 46.3 Å². The van der Waals surface area contributed by atoms with Crippen LogP contribution in [0.5, 0.6) is 0 Å². The molecule has 3 aliphatic heterocycles. The van der Waals surface area contributed by atoms with E-state index in [0.29, 0.717) is 24.8 Å². The largest absolute Gasteiger partial charge is 0.338 e. The van der Waals surface area contributed by atoms with Gasteiger partial charge >= 0.3 is 0 Å². The van der Waals surface area contributed by atoms with Crippen molar-refractivity contribution in [1.29, 1.82) is 0 Å². The Hall–Kier alpha value is -2.18. The average Bonchev–Trinajstić information content (AvgIpc) is 3.19. The summed E-state index contributed by atoms with van der Waals surface area (Å²) in [6, 6.07) is 16.5. The minimum atomic E-state index is 0.123. The van der Waals surface area contributed by atoms with E-state index in [2.05, 4.69) is 56.1 Å². The normalized spacial score (nSPS) is 23.6. The van der Waals surface area contributed by atoms with E-state index in [1.807, 2.05) is 23.1 Å². The average molecular weight is 496 g/mol. The molecule has 3 fully saturated rings. The lowest BCUT2D eigenvalue weighted by atomic mass is 9.84. The van der Waals surface area contributed by atoms with Crippen LogP contribution in [0, 0.1) is 11.8 Å². The predicted molar refractivity (Wildman–Crippen MR) is 128 cm³/mol. The number of carbonyl (C=O) groups is 2. The minimum Gasteiger partial charge on any atom is -0.338 e. The first-order valence-electron chi connectivity index (χ1n) is 11.7. The van der Waals surface area contributed by atoms with Gasteiger partial charge in [-0.3, -0.25) is 14.5 Å². The van der Waals surface area contributed by atoms with Crippen LogP contribution in [0.1, 0.15) is 40.7 Å². The van der Waals surface area contributed by atoms with E-state index in [4.69, 9.17) is 0 Å². The number of piperidine rings is 2. The summed E-state index contributed by atoms with van der Waals surface area (Å²) in [5.41, 5.74) is 3.10. The van der Waals surface area contributed by atoms with Gasteiger partial charge in [-0.25, -0.2) is 0 Å². The molecule has 5 nitrogen and oxygen atoms in total. The number of fused-ring (bicyclic) bond motifs is 2. The van der Waals surface area contributed by atoms with Gasteiger partial charge in [-0.15, -0.1) is 0 Å². The van der Waals surface area contributed by atoms with Gasteiger partial charge in [0.1, 0.15) is 0 Å². The molecule has 6 heteroatoms. The molecule has 2 aromatic rings. The van der Waals surface area contributed by atoms with Crippen LogP contribution in [-0.2, 0) is 17.9 Å². The third kappa shape index (κ3) is 4.76.